The summed E-state index contributed by atoms with van der Waals surface area (Å²) in [4.78, 5) is 21.4. The van der Waals surface area contributed by atoms with E-state index in [-0.39, 0.29) is 24.4 Å². The summed E-state index contributed by atoms with van der Waals surface area (Å²) in [6, 6.07) is 5.07. The number of hydrogen-bond donors (Lipinski definition) is 3. The van der Waals surface area contributed by atoms with E-state index in [0.717, 1.165) is 0 Å². The van der Waals surface area contributed by atoms with Gasteiger partial charge in [0.05, 0.1) is 29.7 Å². The number of hydrogen-bond acceptors (Lipinski definition) is 6. The maximum Gasteiger partial charge on any atom is 0.260 e. The molecule has 0 bridgehead atoms. The Kier molecular flexibility index (Phi) is 3.52. The summed E-state index contributed by atoms with van der Waals surface area (Å²) >= 11 is 0. The lowest BCUT2D eigenvalue weighted by Crippen LogP contribution is -2.49. The number of aliphatic hydroxyl groups is 1. The molecule has 4 N–H and O–H groups in total. The van der Waals surface area contributed by atoms with Crippen LogP contribution in [-0.2, 0) is 4.74 Å². The zero-order chi connectivity index (χ0) is 15.0. The second-order valence-electron chi connectivity index (χ2n) is 5.32. The Morgan fingerprint density at radius 3 is 3.10 bits per heavy atom. The van der Waals surface area contributed by atoms with Crippen LogP contribution in [0.5, 0.6) is 0 Å². The number of nitrogens with zero attached hydrogens (tertiary/aromatic N) is 2. The molecule has 1 aliphatic heterocycles. The highest BCUT2D eigenvalue weighted by molar-refractivity contribution is 5.81. The van der Waals surface area contributed by atoms with Crippen LogP contribution >= 0.6 is 0 Å². The van der Waals surface area contributed by atoms with Gasteiger partial charge in [-0.15, -0.1) is 0 Å². The zero-order valence-corrected chi connectivity index (χ0v) is 11.7. The Morgan fingerprint density at radius 2 is 2.33 bits per heavy atom. The largest absolute Gasteiger partial charge is 0.399 e. The highest BCUT2D eigenvalue weighted by atomic mass is 16.5. The van der Waals surface area contributed by atoms with Crippen molar-refractivity contribution in [3.63, 3.8) is 0 Å². The molecule has 2 heterocycles. The molecule has 0 saturated carbocycles. The second kappa shape index (κ2) is 5.34. The molecule has 0 amide bonds. The predicted molar refractivity (Wildman–Crippen MR) is 80.4 cm³/mol. The third kappa shape index (κ3) is 2.70. The van der Waals surface area contributed by atoms with Crippen LogP contribution in [0.15, 0.2) is 23.0 Å². The first-order valence-corrected chi connectivity index (χ1v) is 6.87. The summed E-state index contributed by atoms with van der Waals surface area (Å²) < 4.78 is 5.59. The van der Waals surface area contributed by atoms with Gasteiger partial charge in [-0.3, -0.25) is 9.78 Å². The molecule has 7 nitrogen and oxygen atoms in total. The minimum Gasteiger partial charge on any atom is -0.399 e. The van der Waals surface area contributed by atoms with E-state index in [0.29, 0.717) is 35.6 Å². The van der Waals surface area contributed by atoms with Gasteiger partial charge in [0.2, 0.25) is 5.95 Å². The minimum atomic E-state index is -0.277. The van der Waals surface area contributed by atoms with Gasteiger partial charge in [-0.2, -0.15) is 0 Å². The number of fused-ring (bicyclic) bond motifs is 1. The lowest BCUT2D eigenvalue weighted by molar-refractivity contribution is -0.0425. The fourth-order valence-corrected chi connectivity index (χ4v) is 2.61. The zero-order valence-electron chi connectivity index (χ0n) is 11.7. The summed E-state index contributed by atoms with van der Waals surface area (Å²) in [5, 5.41) is 9.74. The van der Waals surface area contributed by atoms with Crippen molar-refractivity contribution in [2.45, 2.75) is 19.1 Å². The van der Waals surface area contributed by atoms with Crippen molar-refractivity contribution >= 4 is 22.5 Å². The van der Waals surface area contributed by atoms with Crippen LogP contribution in [0.2, 0.25) is 0 Å². The monoisotopic (exact) mass is 290 g/mol. The molecular weight excluding hydrogens is 272 g/mol. The SMILES string of the molecule is CC1CN(c2nc3ccc(N)cc3c(=O)[nH]2)CC(CO)O1. The molecule has 1 fully saturated rings. The lowest BCUT2D eigenvalue weighted by Gasteiger charge is -2.36. The van der Waals surface area contributed by atoms with Crippen molar-refractivity contribution in [1.29, 1.82) is 0 Å². The Balaban J connectivity index is 2.00. The van der Waals surface area contributed by atoms with Gasteiger partial charge in [0, 0.05) is 18.8 Å². The van der Waals surface area contributed by atoms with Crippen LogP contribution in [-0.4, -0.2) is 47.0 Å². The van der Waals surface area contributed by atoms with E-state index in [9.17, 15) is 9.90 Å². The van der Waals surface area contributed by atoms with Crippen LogP contribution in [0.25, 0.3) is 10.9 Å². The molecule has 0 radical (unpaired) electrons. The van der Waals surface area contributed by atoms with Gasteiger partial charge < -0.3 is 20.5 Å². The minimum absolute atomic E-state index is 0.0386. The van der Waals surface area contributed by atoms with Crippen molar-refractivity contribution < 1.29 is 9.84 Å². The molecule has 112 valence electrons. The maximum atomic E-state index is 12.2. The molecule has 1 aromatic heterocycles. The van der Waals surface area contributed by atoms with E-state index in [1.165, 1.54) is 0 Å². The average Bonchev–Trinajstić information content (AvgIpc) is 2.47. The Labute approximate surface area is 121 Å². The standard InChI is InChI=1S/C14H18N4O3/c1-8-5-18(6-10(7-19)21-8)14-16-12-3-2-9(15)4-11(12)13(20)17-14/h2-4,8,10,19H,5-7,15H2,1H3,(H,16,17,20). The number of aromatic nitrogens is 2. The number of anilines is 2. The first kappa shape index (κ1) is 13.8. The molecule has 0 spiro atoms. The second-order valence-corrected chi connectivity index (χ2v) is 5.32. The first-order chi connectivity index (χ1) is 10.1. The number of rotatable bonds is 2. The molecule has 2 aromatic rings. The van der Waals surface area contributed by atoms with Gasteiger partial charge in [-0.1, -0.05) is 0 Å². The van der Waals surface area contributed by atoms with E-state index >= 15 is 0 Å². The Bertz CT molecular complexity index is 715. The van der Waals surface area contributed by atoms with Crippen molar-refractivity contribution in [2.24, 2.45) is 0 Å². The maximum absolute atomic E-state index is 12.2. The molecule has 3 rings (SSSR count). The molecular formula is C14H18N4O3. The van der Waals surface area contributed by atoms with Crippen LogP contribution in [0.3, 0.4) is 0 Å². The number of morpholine rings is 1. The molecule has 1 aromatic carbocycles. The van der Waals surface area contributed by atoms with Gasteiger partial charge in [0.25, 0.3) is 5.56 Å². The van der Waals surface area contributed by atoms with Gasteiger partial charge in [-0.05, 0) is 25.1 Å². The number of benzene rings is 1. The first-order valence-electron chi connectivity index (χ1n) is 6.87. The fourth-order valence-electron chi connectivity index (χ4n) is 2.61. The molecule has 1 saturated heterocycles. The van der Waals surface area contributed by atoms with E-state index < -0.39 is 0 Å². The van der Waals surface area contributed by atoms with Crippen LogP contribution in [0, 0.1) is 0 Å². The van der Waals surface area contributed by atoms with E-state index in [2.05, 4.69) is 9.97 Å². The van der Waals surface area contributed by atoms with E-state index in [4.69, 9.17) is 10.5 Å². The summed E-state index contributed by atoms with van der Waals surface area (Å²) in [6.45, 7) is 2.97. The lowest BCUT2D eigenvalue weighted by atomic mass is 10.2. The van der Waals surface area contributed by atoms with Crippen molar-refractivity contribution in [1.82, 2.24) is 9.97 Å². The number of nitrogens with two attached hydrogens (primary N) is 1. The average molecular weight is 290 g/mol. The molecule has 2 unspecified atom stereocenters. The van der Waals surface area contributed by atoms with Crippen molar-refractivity contribution in [2.75, 3.05) is 30.3 Å². The topological polar surface area (TPSA) is 104 Å². The summed E-state index contributed by atoms with van der Waals surface area (Å²) in [5.41, 5.74) is 6.60. The molecule has 1 aliphatic rings. The van der Waals surface area contributed by atoms with Gasteiger partial charge in [-0.25, -0.2) is 4.98 Å². The quantitative estimate of drug-likeness (QED) is 0.677. The van der Waals surface area contributed by atoms with E-state index in [1.807, 2.05) is 11.8 Å². The van der Waals surface area contributed by atoms with Crippen LogP contribution in [0.4, 0.5) is 11.6 Å². The number of nitrogens with one attached hydrogen (secondary N) is 1. The van der Waals surface area contributed by atoms with Crippen molar-refractivity contribution in [3.05, 3.63) is 28.6 Å². The third-order valence-corrected chi connectivity index (χ3v) is 3.55. The van der Waals surface area contributed by atoms with Crippen LogP contribution < -0.4 is 16.2 Å². The van der Waals surface area contributed by atoms with Gasteiger partial charge in [0.15, 0.2) is 0 Å². The van der Waals surface area contributed by atoms with E-state index in [1.54, 1.807) is 18.2 Å². The van der Waals surface area contributed by atoms with Crippen molar-refractivity contribution in [3.8, 4) is 0 Å². The summed E-state index contributed by atoms with van der Waals surface area (Å²) in [5.74, 6) is 0.492. The Hall–Kier alpha value is -2.12. The highest BCUT2D eigenvalue weighted by Crippen LogP contribution is 2.18. The fraction of sp³-hybridized carbons (Fsp3) is 0.429. The molecule has 21 heavy (non-hydrogen) atoms. The van der Waals surface area contributed by atoms with Gasteiger partial charge in [0.1, 0.15) is 0 Å². The smallest absolute Gasteiger partial charge is 0.260 e. The number of aliphatic hydroxyl groups excluding tert-OH is 1. The number of H-pyrrole nitrogens is 1. The highest BCUT2D eigenvalue weighted by Gasteiger charge is 2.26. The Morgan fingerprint density at radius 1 is 1.52 bits per heavy atom. The summed E-state index contributed by atoms with van der Waals surface area (Å²) in [6.07, 6.45) is -0.315. The normalized spacial score (nSPS) is 22.7. The third-order valence-electron chi connectivity index (χ3n) is 3.55. The number of ether oxygens (including phenoxy) is 1. The molecule has 0 aliphatic carbocycles. The molecule has 2 atom stereocenters. The summed E-state index contributed by atoms with van der Waals surface area (Å²) in [7, 11) is 0. The predicted octanol–water partition coefficient (Wildman–Crippen LogP) is 0.0913. The number of nitrogen functional groups attached to an aromatic ring is 1. The molecule has 7 heteroatoms. The van der Waals surface area contributed by atoms with Crippen LogP contribution in [0.1, 0.15) is 6.92 Å². The number of aromatic amines is 1. The van der Waals surface area contributed by atoms with Gasteiger partial charge >= 0.3 is 0 Å².